The Labute approximate surface area is 117 Å². The minimum Gasteiger partial charge on any atom is -0.370 e. The summed E-state index contributed by atoms with van der Waals surface area (Å²) in [6.07, 6.45) is 3.10. The van der Waals surface area contributed by atoms with E-state index in [9.17, 15) is 14.0 Å². The number of benzene rings is 1. The van der Waals surface area contributed by atoms with E-state index in [-0.39, 0.29) is 36.5 Å². The van der Waals surface area contributed by atoms with Crippen LogP contribution in [0.2, 0.25) is 0 Å². The summed E-state index contributed by atoms with van der Waals surface area (Å²) < 4.78 is 13.1. The van der Waals surface area contributed by atoms with Crippen LogP contribution in [0.4, 0.5) is 4.39 Å². The summed E-state index contributed by atoms with van der Waals surface area (Å²) in [5.41, 5.74) is 5.88. The number of amides is 2. The van der Waals surface area contributed by atoms with Gasteiger partial charge in [-0.05, 0) is 37.0 Å². The Balaban J connectivity index is 2.04. The van der Waals surface area contributed by atoms with Crippen LogP contribution in [0.25, 0.3) is 0 Å². The van der Waals surface area contributed by atoms with Gasteiger partial charge in [-0.3, -0.25) is 9.59 Å². The molecule has 1 aliphatic heterocycles. The van der Waals surface area contributed by atoms with Crippen molar-refractivity contribution in [3.63, 3.8) is 0 Å². The van der Waals surface area contributed by atoms with E-state index in [2.05, 4.69) is 0 Å². The van der Waals surface area contributed by atoms with Gasteiger partial charge in [0.25, 0.3) is 0 Å². The molecule has 1 fully saturated rings. The predicted molar refractivity (Wildman–Crippen MR) is 73.3 cm³/mol. The Bertz CT molecular complexity index is 504. The molecule has 5 heteroatoms. The molecule has 1 aromatic carbocycles. The lowest BCUT2D eigenvalue weighted by Gasteiger charge is -2.35. The van der Waals surface area contributed by atoms with Gasteiger partial charge in [-0.1, -0.05) is 12.1 Å². The number of nitrogens with zero attached hydrogens (tertiary/aromatic N) is 1. The average molecular weight is 278 g/mol. The van der Waals surface area contributed by atoms with E-state index >= 15 is 0 Å². The third kappa shape index (κ3) is 3.79. The Morgan fingerprint density at radius 2 is 2.15 bits per heavy atom. The highest BCUT2D eigenvalue weighted by Gasteiger charge is 2.27. The van der Waals surface area contributed by atoms with Crippen LogP contribution < -0.4 is 5.73 Å². The number of likely N-dealkylation sites (tertiary alicyclic amines) is 1. The van der Waals surface area contributed by atoms with Crippen LogP contribution in [0.1, 0.15) is 31.2 Å². The SMILES string of the molecule is NC(=O)C[C@@H]1CCCCN1C(=O)Cc1cccc(F)c1. The van der Waals surface area contributed by atoms with Crippen molar-refractivity contribution in [3.8, 4) is 0 Å². The van der Waals surface area contributed by atoms with E-state index in [4.69, 9.17) is 5.73 Å². The van der Waals surface area contributed by atoms with Crippen LogP contribution >= 0.6 is 0 Å². The lowest BCUT2D eigenvalue weighted by atomic mass is 9.98. The van der Waals surface area contributed by atoms with Crippen LogP contribution in [0.3, 0.4) is 0 Å². The highest BCUT2D eigenvalue weighted by Crippen LogP contribution is 2.20. The van der Waals surface area contributed by atoms with Crippen LogP contribution in [-0.2, 0) is 16.0 Å². The zero-order valence-corrected chi connectivity index (χ0v) is 11.3. The zero-order chi connectivity index (χ0) is 14.5. The molecule has 0 radical (unpaired) electrons. The molecule has 1 heterocycles. The van der Waals surface area contributed by atoms with Gasteiger partial charge < -0.3 is 10.6 Å². The molecule has 0 saturated carbocycles. The predicted octanol–water partition coefficient (Wildman–Crippen LogP) is 1.62. The van der Waals surface area contributed by atoms with Crippen LogP contribution in [0.5, 0.6) is 0 Å². The molecule has 2 rings (SSSR count). The van der Waals surface area contributed by atoms with Crippen molar-refractivity contribution < 1.29 is 14.0 Å². The van der Waals surface area contributed by atoms with Crippen molar-refractivity contribution in [1.29, 1.82) is 0 Å². The summed E-state index contributed by atoms with van der Waals surface area (Å²) in [5, 5.41) is 0. The first-order valence-corrected chi connectivity index (χ1v) is 6.88. The smallest absolute Gasteiger partial charge is 0.227 e. The zero-order valence-electron chi connectivity index (χ0n) is 11.3. The number of carbonyl (C=O) groups excluding carboxylic acids is 2. The highest BCUT2D eigenvalue weighted by molar-refractivity contribution is 5.80. The molecule has 1 saturated heterocycles. The van der Waals surface area contributed by atoms with Crippen LogP contribution in [0, 0.1) is 5.82 Å². The van der Waals surface area contributed by atoms with E-state index in [1.165, 1.54) is 12.1 Å². The standard InChI is InChI=1S/C15H19FN2O2/c16-12-5-3-4-11(8-12)9-15(20)18-7-2-1-6-13(18)10-14(17)19/h3-5,8,13H,1-2,6-7,9-10H2,(H2,17,19)/t13-/m0/s1. The normalized spacial score (nSPS) is 18.9. The number of halogens is 1. The summed E-state index contributed by atoms with van der Waals surface area (Å²) in [6.45, 7) is 0.645. The first-order chi connectivity index (χ1) is 9.56. The molecule has 20 heavy (non-hydrogen) atoms. The number of hydrogen-bond donors (Lipinski definition) is 1. The van der Waals surface area contributed by atoms with Crippen molar-refractivity contribution in [2.45, 2.75) is 38.1 Å². The van der Waals surface area contributed by atoms with Gasteiger partial charge in [-0.2, -0.15) is 0 Å². The second kappa shape index (κ2) is 6.50. The number of nitrogens with two attached hydrogens (primary N) is 1. The van der Waals surface area contributed by atoms with Gasteiger partial charge in [-0.15, -0.1) is 0 Å². The molecule has 0 aliphatic carbocycles. The maximum Gasteiger partial charge on any atom is 0.227 e. The molecule has 0 bridgehead atoms. The van der Waals surface area contributed by atoms with Gasteiger partial charge in [0.1, 0.15) is 5.82 Å². The molecule has 0 aromatic heterocycles. The lowest BCUT2D eigenvalue weighted by molar-refractivity contribution is -0.135. The molecule has 4 nitrogen and oxygen atoms in total. The Morgan fingerprint density at radius 1 is 1.35 bits per heavy atom. The quantitative estimate of drug-likeness (QED) is 0.909. The molecular formula is C15H19FN2O2. The number of primary amides is 1. The number of rotatable bonds is 4. The largest absolute Gasteiger partial charge is 0.370 e. The minimum atomic E-state index is -0.388. The fraction of sp³-hybridized carbons (Fsp3) is 0.467. The van der Waals surface area contributed by atoms with E-state index in [0.29, 0.717) is 12.1 Å². The minimum absolute atomic E-state index is 0.0680. The summed E-state index contributed by atoms with van der Waals surface area (Å²) in [4.78, 5) is 25.1. The van der Waals surface area contributed by atoms with Gasteiger partial charge in [0, 0.05) is 19.0 Å². The molecule has 108 valence electrons. The van der Waals surface area contributed by atoms with Gasteiger partial charge in [-0.25, -0.2) is 4.39 Å². The van der Waals surface area contributed by atoms with E-state index in [1.54, 1.807) is 17.0 Å². The van der Waals surface area contributed by atoms with Crippen molar-refractivity contribution in [2.24, 2.45) is 5.73 Å². The van der Waals surface area contributed by atoms with Crippen molar-refractivity contribution in [1.82, 2.24) is 4.90 Å². The first-order valence-electron chi connectivity index (χ1n) is 6.88. The second-order valence-electron chi connectivity index (χ2n) is 5.21. The topological polar surface area (TPSA) is 63.4 Å². The van der Waals surface area contributed by atoms with E-state index in [1.807, 2.05) is 0 Å². The van der Waals surface area contributed by atoms with Crippen LogP contribution in [-0.4, -0.2) is 29.3 Å². The van der Waals surface area contributed by atoms with E-state index < -0.39 is 0 Å². The molecule has 1 aliphatic rings. The van der Waals surface area contributed by atoms with Gasteiger partial charge in [0.15, 0.2) is 0 Å². The van der Waals surface area contributed by atoms with Gasteiger partial charge >= 0.3 is 0 Å². The number of piperidine rings is 1. The van der Waals surface area contributed by atoms with Crippen LogP contribution in [0.15, 0.2) is 24.3 Å². The summed E-state index contributed by atoms with van der Waals surface area (Å²) in [6, 6.07) is 5.93. The molecular weight excluding hydrogens is 259 g/mol. The number of carbonyl (C=O) groups is 2. The Kier molecular flexibility index (Phi) is 4.71. The summed E-state index contributed by atoms with van der Waals surface area (Å²) >= 11 is 0. The second-order valence-corrected chi connectivity index (χ2v) is 5.21. The number of hydrogen-bond acceptors (Lipinski definition) is 2. The third-order valence-corrected chi connectivity index (χ3v) is 3.63. The fourth-order valence-corrected chi connectivity index (χ4v) is 2.70. The maximum absolute atomic E-state index is 13.1. The van der Waals surface area contributed by atoms with Crippen molar-refractivity contribution >= 4 is 11.8 Å². The molecule has 0 unspecified atom stereocenters. The highest BCUT2D eigenvalue weighted by atomic mass is 19.1. The molecule has 2 amide bonds. The van der Waals surface area contributed by atoms with Crippen molar-refractivity contribution in [2.75, 3.05) is 6.54 Å². The monoisotopic (exact) mass is 278 g/mol. The van der Waals surface area contributed by atoms with E-state index in [0.717, 1.165) is 19.3 Å². The third-order valence-electron chi connectivity index (χ3n) is 3.63. The maximum atomic E-state index is 13.1. The summed E-state index contributed by atoms with van der Waals surface area (Å²) in [5.74, 6) is -0.801. The first kappa shape index (κ1) is 14.5. The Hall–Kier alpha value is -1.91. The molecule has 1 atom stereocenters. The van der Waals surface area contributed by atoms with Crippen molar-refractivity contribution in [3.05, 3.63) is 35.6 Å². The molecule has 0 spiro atoms. The molecule has 2 N–H and O–H groups in total. The average Bonchev–Trinajstić information content (AvgIpc) is 2.38. The molecule has 1 aromatic rings. The lowest BCUT2D eigenvalue weighted by Crippen LogP contribution is -2.46. The van der Waals surface area contributed by atoms with Gasteiger partial charge in [0.2, 0.25) is 11.8 Å². The summed E-state index contributed by atoms with van der Waals surface area (Å²) in [7, 11) is 0. The fourth-order valence-electron chi connectivity index (χ4n) is 2.70. The Morgan fingerprint density at radius 3 is 2.85 bits per heavy atom. The van der Waals surface area contributed by atoms with Gasteiger partial charge in [0.05, 0.1) is 6.42 Å².